The summed E-state index contributed by atoms with van der Waals surface area (Å²) in [6, 6.07) is 48.1. The summed E-state index contributed by atoms with van der Waals surface area (Å²) in [6.45, 7) is 20.7. The predicted molar refractivity (Wildman–Crippen MR) is 363 cm³/mol. The summed E-state index contributed by atoms with van der Waals surface area (Å²) in [4.78, 5) is 81.3. The van der Waals surface area contributed by atoms with Crippen LogP contribution in [0.3, 0.4) is 0 Å². The number of carbonyl (C=O) groups excluding carboxylic acids is 6. The van der Waals surface area contributed by atoms with E-state index in [1.807, 2.05) is 152 Å². The van der Waals surface area contributed by atoms with E-state index in [0.717, 1.165) is 52.4 Å². The maximum absolute atomic E-state index is 12.5. The molecule has 8 aromatic rings. The van der Waals surface area contributed by atoms with E-state index in [-0.39, 0.29) is 46.5 Å². The van der Waals surface area contributed by atoms with Gasteiger partial charge >= 0.3 is 0 Å². The van der Waals surface area contributed by atoms with Crippen molar-refractivity contribution in [3.63, 3.8) is 0 Å². The molecule has 0 fully saturated rings. The van der Waals surface area contributed by atoms with Crippen molar-refractivity contribution in [2.45, 2.75) is 142 Å². The van der Waals surface area contributed by atoms with Crippen molar-refractivity contribution in [3.05, 3.63) is 191 Å². The Morgan fingerprint density at radius 1 is 0.322 bits per heavy atom. The molecule has 0 amide bonds. The normalized spacial score (nSPS) is 13.1. The lowest BCUT2D eigenvalue weighted by atomic mass is 9.96. The fourth-order valence-corrected chi connectivity index (χ4v) is 13.6. The van der Waals surface area contributed by atoms with Gasteiger partial charge in [-0.05, 0) is 189 Å². The van der Waals surface area contributed by atoms with Gasteiger partial charge < -0.3 is 29.2 Å². The summed E-state index contributed by atoms with van der Waals surface area (Å²) < 4.78 is 22.2. The van der Waals surface area contributed by atoms with E-state index in [1.165, 1.54) is 72.8 Å². The molecule has 0 radical (unpaired) electrons. The number of hydrogen-bond donors (Lipinski definition) is 2. The van der Waals surface area contributed by atoms with Crippen LogP contribution in [0.2, 0.25) is 0 Å². The van der Waals surface area contributed by atoms with Gasteiger partial charge in [0.15, 0.2) is 34.7 Å². The van der Waals surface area contributed by atoms with Crippen LogP contribution in [0, 0.1) is 11.8 Å². The molecule has 4 aliphatic heterocycles. The number of fused-ring (bicyclic) bond motifs is 8. The summed E-state index contributed by atoms with van der Waals surface area (Å²) in [5.41, 5.74) is 0.490. The average Bonchev–Trinajstić information content (AvgIpc) is 0.967. The third-order valence-corrected chi connectivity index (χ3v) is 19.0. The van der Waals surface area contributed by atoms with Gasteiger partial charge in [0.25, 0.3) is 0 Å². The minimum atomic E-state index is -1.46. The fraction of sp³-hybridized carbons (Fsp3) is 0.250. The Kier molecular flexibility index (Phi) is 20.5. The number of halogens is 2. The molecule has 0 spiro atoms. The molecule has 0 unspecified atom stereocenters. The molecule has 0 aliphatic carbocycles. The number of para-hydroxylation sites is 2. The van der Waals surface area contributed by atoms with Crippen LogP contribution in [0.5, 0.6) is 46.0 Å². The smallest absolute Gasteiger partial charge is 0.193 e. The number of alkyl halides is 2. The molecule has 12 rings (SSSR count). The third kappa shape index (κ3) is 15.9. The van der Waals surface area contributed by atoms with Gasteiger partial charge in [-0.2, -0.15) is 0 Å². The number of Topliss-reactive ketones (excluding diaryl/α,β-unsaturated/α-hetero) is 6. The zero-order valence-corrected chi connectivity index (χ0v) is 58.0. The first-order valence-electron chi connectivity index (χ1n) is 28.8. The number of benzene rings is 8. The molecule has 464 valence electrons. The molecule has 2 N–H and O–H groups in total. The monoisotopic (exact) mass is 1410 g/mol. The molecule has 4 aliphatic rings. The van der Waals surface area contributed by atoms with E-state index < -0.39 is 19.9 Å². The van der Waals surface area contributed by atoms with Crippen molar-refractivity contribution >= 4 is 114 Å². The number of hydrogen-bond acceptors (Lipinski definition) is 16. The molecule has 90 heavy (non-hydrogen) atoms. The standard InChI is InChI=1S/C20H18Br2O3S.C20H20O5S.C20H20O3S.C12H8OS/c1-19(2,21)17(23)11-5-7-13-15(9-11)26-16-10-12(6-8-14(16)25-13)18(24)20(3,4)22;1-19(2,23)17(21)11-5-7-13-15(9-11)26-16-10-12(6-8-14(16)25-13)18(22)20(3,4)24;1-11(2)19(21)13-5-7-15-17(9-13)24-18-10-14(20(22)12(3)4)6-8-16(18)23-15;1-3-7-11-9(5-1)13-10-6-2-4-8-12(10)14-11/h5-10H,1-4H3;5-10,23-24H,1-4H3;5-12H,1-4H3;1-8H. The maximum Gasteiger partial charge on any atom is 0.193 e. The van der Waals surface area contributed by atoms with Gasteiger partial charge in [0.2, 0.25) is 0 Å². The van der Waals surface area contributed by atoms with Crippen LogP contribution in [0.15, 0.2) is 197 Å². The van der Waals surface area contributed by atoms with E-state index in [2.05, 4.69) is 44.0 Å². The van der Waals surface area contributed by atoms with Crippen LogP contribution in [-0.2, 0) is 0 Å². The Labute approximate surface area is 558 Å². The second kappa shape index (κ2) is 27.2. The highest BCUT2D eigenvalue weighted by molar-refractivity contribution is 9.10. The Hall–Kier alpha value is -6.74. The number of rotatable bonds is 12. The predicted octanol–water partition coefficient (Wildman–Crippen LogP) is 20.1. The highest BCUT2D eigenvalue weighted by atomic mass is 79.9. The van der Waals surface area contributed by atoms with E-state index in [4.69, 9.17) is 18.9 Å². The largest absolute Gasteiger partial charge is 0.455 e. The summed E-state index contributed by atoms with van der Waals surface area (Å²) >= 11 is 13.0. The molecule has 0 aromatic heterocycles. The molecule has 0 bridgehead atoms. The Morgan fingerprint density at radius 3 is 0.778 bits per heavy atom. The van der Waals surface area contributed by atoms with E-state index in [1.54, 1.807) is 60.3 Å². The molecule has 0 atom stereocenters. The number of aliphatic hydroxyl groups is 2. The summed E-state index contributed by atoms with van der Waals surface area (Å²) in [7, 11) is 0. The van der Waals surface area contributed by atoms with Crippen LogP contribution in [-0.4, -0.2) is 64.8 Å². The van der Waals surface area contributed by atoms with Crippen LogP contribution in [0.25, 0.3) is 0 Å². The Balaban J connectivity index is 0.000000145. The summed E-state index contributed by atoms with van der Waals surface area (Å²) in [5, 5.41) is 19.9. The maximum atomic E-state index is 12.5. The first-order chi connectivity index (χ1) is 42.2. The van der Waals surface area contributed by atoms with Gasteiger partial charge in [-0.1, -0.05) is 131 Å². The number of carbonyl (C=O) groups is 6. The zero-order chi connectivity index (χ0) is 65.4. The van der Waals surface area contributed by atoms with E-state index in [9.17, 15) is 39.0 Å². The first kappa shape index (κ1) is 67.6. The lowest BCUT2D eigenvalue weighted by Crippen LogP contribution is -2.31. The SMILES string of the molecule is CC(C)(Br)C(=O)c1ccc2c(c1)Sc1cc(C(=O)C(C)(C)Br)ccc1O2.CC(C)(O)C(=O)c1ccc2c(c1)Sc1cc(C(=O)C(C)(C)O)ccc1O2.CC(C)C(=O)c1ccc2c(c1)Sc1cc(C(=O)C(C)C)ccc1O2.c1ccc2c(c1)Oc1ccccc1S2. The second-order valence-corrected chi connectivity index (χ2v) is 32.4. The molecular formula is C72H66Br2O12S4. The fourth-order valence-electron chi connectivity index (χ4n) is 9.15. The zero-order valence-electron chi connectivity index (χ0n) is 51.5. The molecule has 0 saturated carbocycles. The van der Waals surface area contributed by atoms with Crippen LogP contribution in [0.4, 0.5) is 0 Å². The highest BCUT2D eigenvalue weighted by Gasteiger charge is 2.32. The lowest BCUT2D eigenvalue weighted by molar-refractivity contribution is 0.0487. The highest BCUT2D eigenvalue weighted by Crippen LogP contribution is 2.51. The van der Waals surface area contributed by atoms with Gasteiger partial charge in [0, 0.05) is 45.2 Å². The number of ether oxygens (including phenoxy) is 4. The molecule has 12 nitrogen and oxygen atoms in total. The first-order valence-corrected chi connectivity index (χ1v) is 33.6. The van der Waals surface area contributed by atoms with Crippen LogP contribution >= 0.6 is 78.9 Å². The van der Waals surface area contributed by atoms with E-state index in [0.29, 0.717) is 56.4 Å². The van der Waals surface area contributed by atoms with Gasteiger partial charge in [-0.25, -0.2) is 0 Å². The van der Waals surface area contributed by atoms with Crippen molar-refractivity contribution in [2.75, 3.05) is 0 Å². The molecule has 8 aromatic carbocycles. The average molecular weight is 1410 g/mol. The van der Waals surface area contributed by atoms with E-state index >= 15 is 0 Å². The topological polar surface area (TPSA) is 180 Å². The van der Waals surface area contributed by atoms with Gasteiger partial charge in [0.05, 0.1) is 47.8 Å². The Morgan fingerprint density at radius 2 is 0.533 bits per heavy atom. The lowest BCUT2D eigenvalue weighted by Gasteiger charge is -2.22. The second-order valence-electron chi connectivity index (χ2n) is 24.1. The van der Waals surface area contributed by atoms with Gasteiger partial charge in [-0.15, -0.1) is 0 Å². The number of ketones is 6. The van der Waals surface area contributed by atoms with Crippen LogP contribution in [0.1, 0.15) is 145 Å². The quantitative estimate of drug-likeness (QED) is 0.0870. The minimum Gasteiger partial charge on any atom is -0.455 e. The van der Waals surface area contributed by atoms with Crippen molar-refractivity contribution in [3.8, 4) is 46.0 Å². The molecule has 18 heteroatoms. The van der Waals surface area contributed by atoms with Crippen molar-refractivity contribution in [1.29, 1.82) is 0 Å². The third-order valence-electron chi connectivity index (χ3n) is 14.0. The van der Waals surface area contributed by atoms with Crippen LogP contribution < -0.4 is 18.9 Å². The minimum absolute atomic E-state index is 0.0108. The van der Waals surface area contributed by atoms with Gasteiger partial charge in [0.1, 0.15) is 57.2 Å². The summed E-state index contributed by atoms with van der Waals surface area (Å²) in [6.07, 6.45) is 0. The van der Waals surface area contributed by atoms with Crippen molar-refractivity contribution in [2.24, 2.45) is 11.8 Å². The Bertz CT molecular complexity index is 3710. The van der Waals surface area contributed by atoms with Crippen molar-refractivity contribution < 1.29 is 57.9 Å². The molecular weight excluding hydrogens is 1340 g/mol. The molecule has 4 heterocycles. The molecule has 0 saturated heterocycles. The van der Waals surface area contributed by atoms with Crippen molar-refractivity contribution in [1.82, 2.24) is 0 Å². The summed E-state index contributed by atoms with van der Waals surface area (Å²) in [5.74, 6) is 5.47. The van der Waals surface area contributed by atoms with Gasteiger partial charge in [-0.3, -0.25) is 28.8 Å².